The fourth-order valence-corrected chi connectivity index (χ4v) is 3.68. The van der Waals surface area contributed by atoms with E-state index in [1.54, 1.807) is 12.3 Å². The van der Waals surface area contributed by atoms with Crippen molar-refractivity contribution in [2.45, 2.75) is 32.2 Å². The number of nitrogens with zero attached hydrogens (tertiary/aromatic N) is 3. The third-order valence-electron chi connectivity index (χ3n) is 5.33. The lowest BCUT2D eigenvalue weighted by Gasteiger charge is -2.29. The highest BCUT2D eigenvalue weighted by molar-refractivity contribution is 5.92. The van der Waals surface area contributed by atoms with Crippen LogP contribution in [0, 0.1) is 0 Å². The van der Waals surface area contributed by atoms with Crippen LogP contribution in [-0.2, 0) is 6.54 Å². The minimum absolute atomic E-state index is 0.140. The van der Waals surface area contributed by atoms with E-state index in [9.17, 15) is 10.0 Å². The molecule has 3 rings (SSSR count). The molecule has 1 aliphatic heterocycles. The van der Waals surface area contributed by atoms with E-state index in [1.807, 2.05) is 36.4 Å². The second-order valence-electron chi connectivity index (χ2n) is 8.14. The van der Waals surface area contributed by atoms with Gasteiger partial charge in [0.1, 0.15) is 5.69 Å². The molecule has 0 saturated carbocycles. The van der Waals surface area contributed by atoms with E-state index in [0.29, 0.717) is 0 Å². The molecule has 1 aromatic heterocycles. The first kappa shape index (κ1) is 20.2. The minimum Gasteiger partial charge on any atom is -0.328 e. The van der Waals surface area contributed by atoms with E-state index in [4.69, 9.17) is 0 Å². The number of amides is 1. The first-order valence-electron chi connectivity index (χ1n) is 9.97. The summed E-state index contributed by atoms with van der Waals surface area (Å²) in [6.07, 6.45) is 8.27. The Kier molecular flexibility index (Phi) is 6.60. The van der Waals surface area contributed by atoms with Crippen molar-refractivity contribution in [2.24, 2.45) is 0 Å². The van der Waals surface area contributed by atoms with Crippen molar-refractivity contribution < 1.29 is 14.5 Å². The summed E-state index contributed by atoms with van der Waals surface area (Å²) in [5, 5.41) is 11.0. The van der Waals surface area contributed by atoms with Crippen molar-refractivity contribution in [1.82, 2.24) is 10.0 Å². The van der Waals surface area contributed by atoms with Gasteiger partial charge in [0.15, 0.2) is 0 Å². The number of hydrogen-bond donors (Lipinski definition) is 1. The van der Waals surface area contributed by atoms with E-state index in [0.717, 1.165) is 52.9 Å². The maximum atomic E-state index is 12.6. The van der Waals surface area contributed by atoms with E-state index >= 15 is 0 Å². The van der Waals surface area contributed by atoms with Crippen molar-refractivity contribution in [3.63, 3.8) is 0 Å². The van der Waals surface area contributed by atoms with Gasteiger partial charge in [-0.25, -0.2) is 5.06 Å². The average molecular weight is 381 g/mol. The van der Waals surface area contributed by atoms with Gasteiger partial charge in [-0.15, -0.1) is 0 Å². The molecular formula is C23H30N3O2+. The lowest BCUT2D eigenvalue weighted by molar-refractivity contribution is -0.890. The molecular weight excluding hydrogens is 350 g/mol. The summed E-state index contributed by atoms with van der Waals surface area (Å²) in [6.45, 7) is 2.47. The average Bonchev–Trinajstić information content (AvgIpc) is 2.78. The van der Waals surface area contributed by atoms with Gasteiger partial charge in [-0.05, 0) is 41.7 Å². The van der Waals surface area contributed by atoms with Gasteiger partial charge >= 0.3 is 0 Å². The van der Waals surface area contributed by atoms with E-state index in [2.05, 4.69) is 25.2 Å². The first-order chi connectivity index (χ1) is 13.4. The van der Waals surface area contributed by atoms with Gasteiger partial charge in [0.25, 0.3) is 5.91 Å². The monoisotopic (exact) mass is 380 g/mol. The van der Waals surface area contributed by atoms with Gasteiger partial charge in [-0.2, -0.15) is 0 Å². The number of benzene rings is 1. The molecule has 1 N–H and O–H groups in total. The van der Waals surface area contributed by atoms with Crippen LogP contribution in [0.2, 0.25) is 0 Å². The standard InChI is InChI=1S/C23H30N3O2/c1-26(2)15-7-6-11-20(12-8-16-26)21-13-14-24-22(17-21)23(27)25(28)18-19-9-4-3-5-10-19/h3-5,9-11,13-14,17,28H,6-8,12,15-16,18H2,1-2H3/q+1/b20-11+. The Morgan fingerprint density at radius 3 is 2.68 bits per heavy atom. The molecule has 0 unspecified atom stereocenters. The summed E-state index contributed by atoms with van der Waals surface area (Å²) >= 11 is 0. The highest BCUT2D eigenvalue weighted by Gasteiger charge is 2.19. The number of quaternary nitrogens is 1. The summed E-state index contributed by atoms with van der Waals surface area (Å²) < 4.78 is 1.06. The normalized spacial score (nSPS) is 18.9. The molecule has 0 saturated heterocycles. The fourth-order valence-electron chi connectivity index (χ4n) is 3.68. The topological polar surface area (TPSA) is 53.4 Å². The van der Waals surface area contributed by atoms with Crippen molar-refractivity contribution in [3.8, 4) is 0 Å². The van der Waals surface area contributed by atoms with Crippen LogP contribution in [0.25, 0.3) is 5.57 Å². The molecule has 1 aliphatic rings. The molecule has 0 spiro atoms. The molecule has 28 heavy (non-hydrogen) atoms. The number of pyridine rings is 1. The number of allylic oxidation sites excluding steroid dienone is 2. The highest BCUT2D eigenvalue weighted by atomic mass is 16.5. The van der Waals surface area contributed by atoms with Gasteiger partial charge in [0.2, 0.25) is 0 Å². The van der Waals surface area contributed by atoms with Crippen molar-refractivity contribution >= 4 is 11.5 Å². The van der Waals surface area contributed by atoms with Crippen LogP contribution in [0.5, 0.6) is 0 Å². The van der Waals surface area contributed by atoms with Gasteiger partial charge < -0.3 is 4.48 Å². The lowest BCUT2D eigenvalue weighted by Crippen LogP contribution is -2.40. The maximum Gasteiger partial charge on any atom is 0.296 e. The Balaban J connectivity index is 1.73. The SMILES string of the molecule is C[N+]1(C)CCC/C=C(/c2ccnc(C(=O)N(O)Cc3ccccc3)c2)CCC1. The zero-order chi connectivity index (χ0) is 20.0. The van der Waals surface area contributed by atoms with Gasteiger partial charge in [-0.3, -0.25) is 15.0 Å². The quantitative estimate of drug-likeness (QED) is 0.493. The van der Waals surface area contributed by atoms with Crippen molar-refractivity contribution in [2.75, 3.05) is 27.2 Å². The van der Waals surface area contributed by atoms with Crippen molar-refractivity contribution in [3.05, 3.63) is 71.6 Å². The zero-order valence-electron chi connectivity index (χ0n) is 16.8. The molecule has 0 radical (unpaired) electrons. The molecule has 2 aromatic rings. The number of carbonyl (C=O) groups excluding carboxylic acids is 1. The molecule has 2 heterocycles. The Labute approximate surface area is 167 Å². The zero-order valence-corrected chi connectivity index (χ0v) is 16.8. The summed E-state index contributed by atoms with van der Waals surface area (Å²) in [6, 6.07) is 13.2. The van der Waals surface area contributed by atoms with Crippen molar-refractivity contribution in [1.29, 1.82) is 0 Å². The molecule has 5 nitrogen and oxygen atoms in total. The predicted octanol–water partition coefficient (Wildman–Crippen LogP) is 4.15. The lowest BCUT2D eigenvalue weighted by atomic mass is 10.00. The van der Waals surface area contributed by atoms with Gasteiger partial charge in [0.05, 0.1) is 33.7 Å². The number of hydroxylamine groups is 2. The van der Waals surface area contributed by atoms with Crippen LogP contribution in [0.3, 0.4) is 0 Å². The smallest absolute Gasteiger partial charge is 0.296 e. The Morgan fingerprint density at radius 2 is 1.89 bits per heavy atom. The highest BCUT2D eigenvalue weighted by Crippen LogP contribution is 2.24. The molecule has 5 heteroatoms. The summed E-state index contributed by atoms with van der Waals surface area (Å²) in [5.41, 5.74) is 3.44. The van der Waals surface area contributed by atoms with E-state index < -0.39 is 5.91 Å². The molecule has 1 amide bonds. The van der Waals surface area contributed by atoms with Crippen LogP contribution >= 0.6 is 0 Å². The third-order valence-corrected chi connectivity index (χ3v) is 5.33. The van der Waals surface area contributed by atoms with Crippen LogP contribution in [0.1, 0.15) is 47.3 Å². The Hall–Kier alpha value is -2.50. The molecule has 0 bridgehead atoms. The Bertz CT molecular complexity index is 831. The Morgan fingerprint density at radius 1 is 1.14 bits per heavy atom. The third kappa shape index (κ3) is 5.50. The minimum atomic E-state index is -0.479. The summed E-state index contributed by atoms with van der Waals surface area (Å²) in [5.74, 6) is -0.479. The number of rotatable bonds is 4. The second-order valence-corrected chi connectivity index (χ2v) is 8.14. The number of aromatic nitrogens is 1. The number of hydrogen-bond acceptors (Lipinski definition) is 3. The first-order valence-corrected chi connectivity index (χ1v) is 9.97. The molecule has 0 aliphatic carbocycles. The van der Waals surface area contributed by atoms with Crippen LogP contribution in [0.15, 0.2) is 54.7 Å². The fraction of sp³-hybridized carbons (Fsp3) is 0.391. The summed E-state index contributed by atoms with van der Waals surface area (Å²) in [7, 11) is 4.58. The van der Waals surface area contributed by atoms with E-state index in [1.165, 1.54) is 12.1 Å². The molecule has 0 atom stereocenters. The van der Waals surface area contributed by atoms with Crippen LogP contribution < -0.4 is 0 Å². The second kappa shape index (κ2) is 9.13. The van der Waals surface area contributed by atoms with Gasteiger partial charge in [-0.1, -0.05) is 36.4 Å². The summed E-state index contributed by atoms with van der Waals surface area (Å²) in [4.78, 5) is 16.8. The van der Waals surface area contributed by atoms with E-state index in [-0.39, 0.29) is 12.2 Å². The molecule has 0 fully saturated rings. The maximum absolute atomic E-state index is 12.6. The largest absolute Gasteiger partial charge is 0.328 e. The molecule has 148 valence electrons. The molecule has 1 aromatic carbocycles. The van der Waals surface area contributed by atoms with Crippen LogP contribution in [0.4, 0.5) is 0 Å². The predicted molar refractivity (Wildman–Crippen MR) is 111 cm³/mol. The van der Waals surface area contributed by atoms with Crippen LogP contribution in [-0.4, -0.2) is 52.8 Å². The number of carbonyl (C=O) groups is 1. The van der Waals surface area contributed by atoms with Gasteiger partial charge in [0, 0.05) is 19.0 Å².